The Bertz CT molecular complexity index is 503. The number of hydrogen-bond donors (Lipinski definition) is 1. The van der Waals surface area contributed by atoms with Gasteiger partial charge in [0.15, 0.2) is 0 Å². The normalized spacial score (nSPS) is 13.0. The third kappa shape index (κ3) is 4.78. The number of anilines is 1. The number of nitrogens with two attached hydrogens (primary N) is 1. The van der Waals surface area contributed by atoms with Gasteiger partial charge in [-0.15, -0.1) is 0 Å². The summed E-state index contributed by atoms with van der Waals surface area (Å²) in [4.78, 5) is 1.89. The van der Waals surface area contributed by atoms with Gasteiger partial charge in [0.2, 0.25) is 0 Å². The Morgan fingerprint density at radius 2 is 2.05 bits per heavy atom. The van der Waals surface area contributed by atoms with Crippen LogP contribution < -0.4 is 10.6 Å². The Kier molecular flexibility index (Phi) is 6.34. The lowest BCUT2D eigenvalue weighted by atomic mass is 10.1. The Morgan fingerprint density at radius 1 is 1.43 bits per heavy atom. The summed E-state index contributed by atoms with van der Waals surface area (Å²) in [6.45, 7) is 2.03. The number of nitrogens with zero attached hydrogens (tertiary/aromatic N) is 1. The Balaban J connectivity index is 3.15. The fourth-order valence-corrected chi connectivity index (χ4v) is 2.68. The van der Waals surface area contributed by atoms with E-state index in [-0.39, 0.29) is 16.6 Å². The van der Waals surface area contributed by atoms with E-state index in [1.807, 2.05) is 25.1 Å². The van der Waals surface area contributed by atoms with E-state index in [0.717, 1.165) is 24.3 Å². The minimum atomic E-state index is -4.40. The van der Waals surface area contributed by atoms with Gasteiger partial charge in [-0.05, 0) is 43.6 Å². The van der Waals surface area contributed by atoms with Crippen LogP contribution in [-0.2, 0) is 6.18 Å². The van der Waals surface area contributed by atoms with Gasteiger partial charge in [-0.1, -0.05) is 12.2 Å². The zero-order valence-electron chi connectivity index (χ0n) is 12.2. The molecule has 1 aromatic rings. The monoisotopic (exact) mass is 336 g/mol. The van der Waals surface area contributed by atoms with E-state index in [1.165, 1.54) is 6.07 Å². The molecule has 0 aliphatic rings. The second kappa shape index (κ2) is 7.35. The van der Waals surface area contributed by atoms with E-state index in [4.69, 9.17) is 18.0 Å². The lowest BCUT2D eigenvalue weighted by molar-refractivity contribution is -0.137. The SMILES string of the molecule is CSCCC(C)N(C)c1ccc(C(F)(F)F)cc1C(N)=S. The standard InChI is InChI=1S/C14H19F3N2S2/c1-9(6-7-21-3)19(2)12-5-4-10(14(15,16)17)8-11(12)13(18)20/h4-5,8-9H,6-7H2,1-3H3,(H2,18,20). The molecule has 0 heterocycles. The summed E-state index contributed by atoms with van der Waals surface area (Å²) in [6.07, 6.45) is -1.46. The molecule has 0 spiro atoms. The summed E-state index contributed by atoms with van der Waals surface area (Å²) in [5.41, 5.74) is 5.75. The molecule has 1 rings (SSSR count). The molecular formula is C14H19F3N2S2. The Morgan fingerprint density at radius 3 is 2.52 bits per heavy atom. The maximum atomic E-state index is 12.8. The summed E-state index contributed by atoms with van der Waals surface area (Å²) in [5, 5.41) is 0. The third-order valence-electron chi connectivity index (χ3n) is 3.37. The molecule has 2 nitrogen and oxygen atoms in total. The van der Waals surface area contributed by atoms with Crippen molar-refractivity contribution in [3.63, 3.8) is 0 Å². The van der Waals surface area contributed by atoms with Gasteiger partial charge in [0.25, 0.3) is 0 Å². The highest BCUT2D eigenvalue weighted by Crippen LogP contribution is 2.33. The van der Waals surface area contributed by atoms with Crippen molar-refractivity contribution in [1.29, 1.82) is 0 Å². The van der Waals surface area contributed by atoms with E-state index in [0.29, 0.717) is 5.69 Å². The molecule has 0 aliphatic carbocycles. The molecule has 0 aromatic heterocycles. The number of thioether (sulfide) groups is 1. The van der Waals surface area contributed by atoms with E-state index in [2.05, 4.69) is 0 Å². The van der Waals surface area contributed by atoms with Gasteiger partial charge in [0.1, 0.15) is 4.99 Å². The van der Waals surface area contributed by atoms with Crippen molar-refractivity contribution < 1.29 is 13.2 Å². The van der Waals surface area contributed by atoms with Crippen LogP contribution in [0.3, 0.4) is 0 Å². The number of thiocarbonyl (C=S) groups is 1. The maximum absolute atomic E-state index is 12.8. The van der Waals surface area contributed by atoms with Gasteiger partial charge in [-0.2, -0.15) is 24.9 Å². The molecular weight excluding hydrogens is 317 g/mol. The lowest BCUT2D eigenvalue weighted by Crippen LogP contribution is -2.31. The van der Waals surface area contributed by atoms with E-state index in [1.54, 1.807) is 11.8 Å². The van der Waals surface area contributed by atoms with Crippen molar-refractivity contribution in [2.75, 3.05) is 24.0 Å². The van der Waals surface area contributed by atoms with Crippen LogP contribution in [0.25, 0.3) is 0 Å². The van der Waals surface area contributed by atoms with Crippen LogP contribution in [0.2, 0.25) is 0 Å². The van der Waals surface area contributed by atoms with Crippen LogP contribution >= 0.6 is 24.0 Å². The van der Waals surface area contributed by atoms with Gasteiger partial charge in [-0.25, -0.2) is 0 Å². The first-order valence-electron chi connectivity index (χ1n) is 6.41. The lowest BCUT2D eigenvalue weighted by Gasteiger charge is -2.29. The summed E-state index contributed by atoms with van der Waals surface area (Å²) < 4.78 is 38.4. The first-order valence-corrected chi connectivity index (χ1v) is 8.21. The number of rotatable bonds is 6. The largest absolute Gasteiger partial charge is 0.416 e. The van der Waals surface area contributed by atoms with E-state index in [9.17, 15) is 13.2 Å². The molecule has 21 heavy (non-hydrogen) atoms. The van der Waals surface area contributed by atoms with Crippen LogP contribution in [0.4, 0.5) is 18.9 Å². The molecule has 0 saturated carbocycles. The summed E-state index contributed by atoms with van der Waals surface area (Å²) in [7, 11) is 1.84. The predicted molar refractivity (Wildman–Crippen MR) is 88.2 cm³/mol. The van der Waals surface area contributed by atoms with Gasteiger partial charge in [0, 0.05) is 24.3 Å². The fourth-order valence-electron chi connectivity index (χ4n) is 1.94. The van der Waals surface area contributed by atoms with Gasteiger partial charge in [-0.3, -0.25) is 0 Å². The van der Waals surface area contributed by atoms with E-state index < -0.39 is 11.7 Å². The minimum absolute atomic E-state index is 0.0278. The van der Waals surface area contributed by atoms with Crippen LogP contribution in [0.1, 0.15) is 24.5 Å². The van der Waals surface area contributed by atoms with Crippen molar-refractivity contribution in [1.82, 2.24) is 0 Å². The van der Waals surface area contributed by atoms with Crippen LogP contribution in [0.15, 0.2) is 18.2 Å². The molecule has 0 aliphatic heterocycles. The molecule has 118 valence electrons. The molecule has 0 bridgehead atoms. The first-order chi connectivity index (χ1) is 9.68. The quantitative estimate of drug-likeness (QED) is 0.798. The number of halogens is 3. The predicted octanol–water partition coefficient (Wildman–Crippen LogP) is 3.92. The van der Waals surface area contributed by atoms with Crippen LogP contribution in [-0.4, -0.2) is 30.1 Å². The highest BCUT2D eigenvalue weighted by molar-refractivity contribution is 7.98. The van der Waals surface area contributed by atoms with Crippen LogP contribution in [0, 0.1) is 0 Å². The minimum Gasteiger partial charge on any atom is -0.389 e. The molecule has 0 saturated heterocycles. The maximum Gasteiger partial charge on any atom is 0.416 e. The smallest absolute Gasteiger partial charge is 0.389 e. The molecule has 2 N–H and O–H groups in total. The molecule has 0 fully saturated rings. The van der Waals surface area contributed by atoms with Crippen molar-refractivity contribution in [3.05, 3.63) is 29.3 Å². The highest BCUT2D eigenvalue weighted by Gasteiger charge is 2.31. The van der Waals surface area contributed by atoms with Gasteiger partial charge >= 0.3 is 6.18 Å². The Hall–Kier alpha value is -0.950. The number of benzene rings is 1. The van der Waals surface area contributed by atoms with Crippen molar-refractivity contribution in [2.45, 2.75) is 25.6 Å². The van der Waals surface area contributed by atoms with Gasteiger partial charge in [0.05, 0.1) is 5.56 Å². The van der Waals surface area contributed by atoms with Crippen molar-refractivity contribution >= 4 is 34.7 Å². The zero-order chi connectivity index (χ0) is 16.2. The second-order valence-corrected chi connectivity index (χ2v) is 6.26. The zero-order valence-corrected chi connectivity index (χ0v) is 13.8. The van der Waals surface area contributed by atoms with E-state index >= 15 is 0 Å². The highest BCUT2D eigenvalue weighted by atomic mass is 32.2. The average molecular weight is 336 g/mol. The summed E-state index contributed by atoms with van der Waals surface area (Å²) >= 11 is 6.64. The molecule has 7 heteroatoms. The Labute approximate surface area is 132 Å². The fraction of sp³-hybridized carbons (Fsp3) is 0.500. The third-order valence-corrected chi connectivity index (χ3v) is 4.23. The second-order valence-electron chi connectivity index (χ2n) is 4.84. The van der Waals surface area contributed by atoms with Crippen LogP contribution in [0.5, 0.6) is 0 Å². The summed E-state index contributed by atoms with van der Waals surface area (Å²) in [5.74, 6) is 0.981. The number of alkyl halides is 3. The first kappa shape index (κ1) is 18.1. The summed E-state index contributed by atoms with van der Waals surface area (Å²) in [6, 6.07) is 3.71. The van der Waals surface area contributed by atoms with Crippen molar-refractivity contribution in [3.8, 4) is 0 Å². The average Bonchev–Trinajstić information content (AvgIpc) is 2.42. The molecule has 1 atom stereocenters. The number of hydrogen-bond acceptors (Lipinski definition) is 3. The molecule has 1 aromatic carbocycles. The van der Waals surface area contributed by atoms with Gasteiger partial charge < -0.3 is 10.6 Å². The molecule has 1 unspecified atom stereocenters. The van der Waals surface area contributed by atoms with Crippen molar-refractivity contribution in [2.24, 2.45) is 5.73 Å². The topological polar surface area (TPSA) is 29.3 Å². The molecule has 0 amide bonds. The molecule has 0 radical (unpaired) electrons.